The summed E-state index contributed by atoms with van der Waals surface area (Å²) >= 11 is 0. The van der Waals surface area contributed by atoms with E-state index in [2.05, 4.69) is 50.4 Å². The minimum Gasteiger partial charge on any atom is -0.462 e. The van der Waals surface area contributed by atoms with E-state index >= 15 is 0 Å². The number of nitrogens with one attached hydrogen (secondary N) is 1. The van der Waals surface area contributed by atoms with Gasteiger partial charge in [-0.2, -0.15) is 0 Å². The highest BCUT2D eigenvalue weighted by Crippen LogP contribution is 2.18. The maximum Gasteiger partial charge on any atom is 0.306 e. The number of hydrogen-bond acceptors (Lipinski definition) is 5. The van der Waals surface area contributed by atoms with E-state index in [-0.39, 0.29) is 24.9 Å². The van der Waals surface area contributed by atoms with E-state index in [4.69, 9.17) is 4.74 Å². The Hall–Kier alpha value is -1.66. The molecule has 0 heterocycles. The number of esters is 1. The van der Waals surface area contributed by atoms with Gasteiger partial charge in [-0.1, -0.05) is 238 Å². The molecule has 0 aromatic rings. The second-order valence-corrected chi connectivity index (χ2v) is 18.0. The molecular weight excluding hydrogens is 731 g/mol. The predicted octanol–water partition coefficient (Wildman–Crippen LogP) is 15.5. The van der Waals surface area contributed by atoms with Gasteiger partial charge in [-0.25, -0.2) is 0 Å². The molecule has 0 radical (unpaired) electrons. The molecular formula is C53H101NO5. The van der Waals surface area contributed by atoms with E-state index in [0.717, 1.165) is 70.6 Å². The summed E-state index contributed by atoms with van der Waals surface area (Å²) in [5, 5.41) is 23.8. The predicted molar refractivity (Wildman–Crippen MR) is 255 cm³/mol. The Morgan fingerprint density at radius 3 is 1.29 bits per heavy atom. The largest absolute Gasteiger partial charge is 0.462 e. The van der Waals surface area contributed by atoms with Crippen molar-refractivity contribution in [3.63, 3.8) is 0 Å². The van der Waals surface area contributed by atoms with Crippen LogP contribution in [0.25, 0.3) is 0 Å². The molecule has 6 nitrogen and oxygen atoms in total. The van der Waals surface area contributed by atoms with Crippen molar-refractivity contribution in [2.45, 2.75) is 296 Å². The van der Waals surface area contributed by atoms with E-state index in [1.54, 1.807) is 0 Å². The van der Waals surface area contributed by atoms with Gasteiger partial charge in [-0.05, 0) is 51.4 Å². The average molecular weight is 832 g/mol. The zero-order chi connectivity index (χ0) is 43.1. The van der Waals surface area contributed by atoms with Crippen LogP contribution in [0.3, 0.4) is 0 Å². The Labute approximate surface area is 367 Å². The van der Waals surface area contributed by atoms with E-state index < -0.39 is 18.2 Å². The molecule has 6 heteroatoms. The van der Waals surface area contributed by atoms with Gasteiger partial charge in [0.05, 0.1) is 25.2 Å². The average Bonchev–Trinajstić information content (AvgIpc) is 3.23. The summed E-state index contributed by atoms with van der Waals surface area (Å²) in [7, 11) is 0. The quantitative estimate of drug-likeness (QED) is 0.0322. The highest BCUT2D eigenvalue weighted by atomic mass is 16.5. The van der Waals surface area contributed by atoms with Crippen LogP contribution in [-0.4, -0.2) is 46.9 Å². The maximum atomic E-state index is 13.2. The van der Waals surface area contributed by atoms with Crippen molar-refractivity contribution in [3.8, 4) is 0 Å². The van der Waals surface area contributed by atoms with Gasteiger partial charge in [0.1, 0.15) is 6.10 Å². The molecule has 3 atom stereocenters. The number of carbonyl (C=O) groups excluding carboxylic acids is 2. The van der Waals surface area contributed by atoms with Crippen molar-refractivity contribution in [1.82, 2.24) is 5.32 Å². The molecule has 1 amide bonds. The summed E-state index contributed by atoms with van der Waals surface area (Å²) < 4.78 is 5.91. The maximum absolute atomic E-state index is 13.2. The molecule has 0 saturated heterocycles. The Morgan fingerprint density at radius 1 is 0.492 bits per heavy atom. The Balaban J connectivity index is 4.48. The molecule has 0 aromatic carbocycles. The number of rotatable bonds is 47. The standard InChI is InChI=1S/C53H101NO5/c1-4-7-10-13-16-19-22-24-25-26-27-29-31-33-36-39-42-45-51(56)50(48-55)54-52(57)47-49(44-41-38-35-32-30-28-23-20-17-14-11-8-5-2)59-53(58)46-43-40-37-34-21-18-15-12-9-6-3/h17,20,23,28,49-51,55-56H,4-16,18-19,21-22,24-27,29-48H2,1-3H3,(H,54,57)/b20-17+,28-23+. The van der Waals surface area contributed by atoms with Crippen LogP contribution in [0, 0.1) is 0 Å². The van der Waals surface area contributed by atoms with Gasteiger partial charge < -0.3 is 20.3 Å². The number of allylic oxidation sites excluding steroid dienone is 4. The number of aliphatic hydroxyl groups is 2. The number of ether oxygens (including phenoxy) is 1. The lowest BCUT2D eigenvalue weighted by molar-refractivity contribution is -0.151. The van der Waals surface area contributed by atoms with E-state index in [9.17, 15) is 19.8 Å². The first-order valence-electron chi connectivity index (χ1n) is 26.1. The van der Waals surface area contributed by atoms with Crippen molar-refractivity contribution in [3.05, 3.63) is 24.3 Å². The normalized spacial score (nSPS) is 13.4. The third-order valence-corrected chi connectivity index (χ3v) is 12.1. The summed E-state index contributed by atoms with van der Waals surface area (Å²) in [6.45, 7) is 6.45. The molecule has 0 saturated carbocycles. The third kappa shape index (κ3) is 42.8. The van der Waals surface area contributed by atoms with Crippen molar-refractivity contribution in [2.75, 3.05) is 6.61 Å². The van der Waals surface area contributed by atoms with Crippen molar-refractivity contribution in [1.29, 1.82) is 0 Å². The molecule has 0 aromatic heterocycles. The fourth-order valence-electron chi connectivity index (χ4n) is 8.07. The minimum atomic E-state index is -0.789. The number of unbranched alkanes of at least 4 members (excludes halogenated alkanes) is 32. The lowest BCUT2D eigenvalue weighted by Crippen LogP contribution is -2.46. The van der Waals surface area contributed by atoms with Gasteiger partial charge in [0.2, 0.25) is 5.91 Å². The molecule has 59 heavy (non-hydrogen) atoms. The molecule has 3 N–H and O–H groups in total. The molecule has 0 aliphatic carbocycles. The van der Waals surface area contributed by atoms with Crippen LogP contribution in [0.2, 0.25) is 0 Å². The minimum absolute atomic E-state index is 0.0689. The molecule has 348 valence electrons. The van der Waals surface area contributed by atoms with Gasteiger partial charge in [0.25, 0.3) is 0 Å². The van der Waals surface area contributed by atoms with Gasteiger partial charge in [-0.3, -0.25) is 9.59 Å². The SMILES string of the molecule is CCCCC/C=C/C=C/CCCCCCC(CC(=O)NC(CO)C(O)CCCCCCCCCCCCCCCCCCC)OC(=O)CCCCCCCCCCCC. The number of amides is 1. The Bertz CT molecular complexity index is 935. The highest BCUT2D eigenvalue weighted by Gasteiger charge is 2.24. The smallest absolute Gasteiger partial charge is 0.306 e. The zero-order valence-corrected chi connectivity index (χ0v) is 39.7. The van der Waals surface area contributed by atoms with E-state index in [1.807, 2.05) is 0 Å². The molecule has 0 fully saturated rings. The second-order valence-electron chi connectivity index (χ2n) is 18.0. The first-order chi connectivity index (χ1) is 29.0. The van der Waals surface area contributed by atoms with Gasteiger partial charge in [0.15, 0.2) is 0 Å². The lowest BCUT2D eigenvalue weighted by Gasteiger charge is -2.24. The van der Waals surface area contributed by atoms with Gasteiger partial charge >= 0.3 is 5.97 Å². The summed E-state index contributed by atoms with van der Waals surface area (Å²) in [4.78, 5) is 26.1. The molecule has 0 aliphatic rings. The monoisotopic (exact) mass is 832 g/mol. The van der Waals surface area contributed by atoms with E-state index in [1.165, 1.54) is 161 Å². The fraction of sp³-hybridized carbons (Fsp3) is 0.887. The zero-order valence-electron chi connectivity index (χ0n) is 39.7. The van der Waals surface area contributed by atoms with Crippen LogP contribution >= 0.6 is 0 Å². The molecule has 0 spiro atoms. The number of hydrogen-bond donors (Lipinski definition) is 3. The lowest BCUT2D eigenvalue weighted by atomic mass is 10.0. The van der Waals surface area contributed by atoms with Crippen LogP contribution in [0.1, 0.15) is 278 Å². The third-order valence-electron chi connectivity index (χ3n) is 12.1. The summed E-state index contributed by atoms with van der Waals surface area (Å²) in [6.07, 6.45) is 53.8. The summed E-state index contributed by atoms with van der Waals surface area (Å²) in [6, 6.07) is -0.703. The summed E-state index contributed by atoms with van der Waals surface area (Å²) in [5.74, 6) is -0.483. The molecule has 0 bridgehead atoms. The highest BCUT2D eigenvalue weighted by molar-refractivity contribution is 5.77. The van der Waals surface area contributed by atoms with E-state index in [0.29, 0.717) is 19.3 Å². The first kappa shape index (κ1) is 57.3. The molecule has 0 aliphatic heterocycles. The van der Waals surface area contributed by atoms with Crippen LogP contribution < -0.4 is 5.32 Å². The van der Waals surface area contributed by atoms with Crippen molar-refractivity contribution < 1.29 is 24.5 Å². The molecule has 3 unspecified atom stereocenters. The Kier molecular flexibility index (Phi) is 46.1. The van der Waals surface area contributed by atoms with Crippen LogP contribution in [0.15, 0.2) is 24.3 Å². The van der Waals surface area contributed by atoms with Gasteiger partial charge in [-0.15, -0.1) is 0 Å². The first-order valence-corrected chi connectivity index (χ1v) is 26.1. The summed E-state index contributed by atoms with van der Waals surface area (Å²) in [5.41, 5.74) is 0. The van der Waals surface area contributed by atoms with Crippen molar-refractivity contribution >= 4 is 11.9 Å². The fourth-order valence-corrected chi connectivity index (χ4v) is 8.07. The topological polar surface area (TPSA) is 95.9 Å². The van der Waals surface area contributed by atoms with Crippen molar-refractivity contribution in [2.24, 2.45) is 0 Å². The number of aliphatic hydroxyl groups excluding tert-OH is 2. The number of carbonyl (C=O) groups is 2. The van der Waals surface area contributed by atoms with Gasteiger partial charge in [0, 0.05) is 6.42 Å². The molecule has 0 rings (SSSR count). The Morgan fingerprint density at radius 2 is 0.847 bits per heavy atom. The van der Waals surface area contributed by atoms with Crippen LogP contribution in [0.4, 0.5) is 0 Å². The van der Waals surface area contributed by atoms with Crippen LogP contribution in [-0.2, 0) is 14.3 Å². The second kappa shape index (κ2) is 47.4. The van der Waals surface area contributed by atoms with Crippen LogP contribution in [0.5, 0.6) is 0 Å².